The highest BCUT2D eigenvalue weighted by molar-refractivity contribution is 7.19. The Morgan fingerprint density at radius 2 is 1.56 bits per heavy atom. The third-order valence-corrected chi connectivity index (χ3v) is 8.41. The van der Waals surface area contributed by atoms with E-state index in [1.807, 2.05) is 62.4 Å². The van der Waals surface area contributed by atoms with Gasteiger partial charge in [-0.25, -0.2) is 4.85 Å². The van der Waals surface area contributed by atoms with Crippen molar-refractivity contribution in [3.8, 4) is 6.07 Å². The van der Waals surface area contributed by atoms with E-state index in [9.17, 15) is 10.1 Å². The van der Waals surface area contributed by atoms with Gasteiger partial charge < -0.3 is 0 Å². The van der Waals surface area contributed by atoms with Crippen LogP contribution in [0.15, 0.2) is 73.3 Å². The van der Waals surface area contributed by atoms with Gasteiger partial charge in [-0.1, -0.05) is 67.3 Å². The van der Waals surface area contributed by atoms with Crippen LogP contribution in [0.2, 0.25) is 0 Å². The highest BCUT2D eigenvalue weighted by atomic mass is 32.1. The molecule has 0 saturated carbocycles. The van der Waals surface area contributed by atoms with Crippen LogP contribution in [0.25, 0.3) is 42.4 Å². The SMILES string of the molecule is [C-]#[N+]/C(=C(\C#N)c1c(C)sc2cc(C(=O)c3ccc(C=C)cc3)ccc12)c1c(C)sc2ccccc12. The Kier molecular flexibility index (Phi) is 6.12. The Hall–Kier alpha value is -4.29. The second-order valence-electron chi connectivity index (χ2n) is 8.38. The molecule has 0 amide bonds. The molecule has 0 radical (unpaired) electrons. The summed E-state index contributed by atoms with van der Waals surface area (Å²) in [5, 5.41) is 12.1. The molecule has 5 aromatic rings. The molecule has 36 heavy (non-hydrogen) atoms. The quantitative estimate of drug-likeness (QED) is 0.137. The number of ketones is 1. The lowest BCUT2D eigenvalue weighted by Crippen LogP contribution is -2.00. The van der Waals surface area contributed by atoms with Gasteiger partial charge in [-0.15, -0.1) is 22.7 Å². The number of thiophene rings is 2. The van der Waals surface area contributed by atoms with Crippen LogP contribution in [-0.4, -0.2) is 5.78 Å². The maximum atomic E-state index is 13.1. The number of allylic oxidation sites excluding steroid dienone is 1. The summed E-state index contributed by atoms with van der Waals surface area (Å²) < 4.78 is 2.01. The number of benzene rings is 3. The second kappa shape index (κ2) is 9.40. The monoisotopic (exact) mass is 500 g/mol. The van der Waals surface area contributed by atoms with E-state index in [0.717, 1.165) is 46.6 Å². The van der Waals surface area contributed by atoms with E-state index >= 15 is 0 Å². The molecule has 172 valence electrons. The van der Waals surface area contributed by atoms with Gasteiger partial charge in [0.15, 0.2) is 5.78 Å². The predicted octanol–water partition coefficient (Wildman–Crippen LogP) is 8.92. The lowest BCUT2D eigenvalue weighted by Gasteiger charge is -2.07. The summed E-state index contributed by atoms with van der Waals surface area (Å²) in [5.74, 6) is -0.0571. The van der Waals surface area contributed by atoms with E-state index in [4.69, 9.17) is 6.57 Å². The molecule has 0 aliphatic rings. The van der Waals surface area contributed by atoms with Crippen molar-refractivity contribution in [1.29, 1.82) is 5.26 Å². The zero-order valence-electron chi connectivity index (χ0n) is 19.8. The molecular weight excluding hydrogens is 480 g/mol. The summed E-state index contributed by atoms with van der Waals surface area (Å²) in [4.78, 5) is 19.0. The first-order valence-electron chi connectivity index (χ1n) is 11.3. The van der Waals surface area contributed by atoms with Gasteiger partial charge >= 0.3 is 0 Å². The molecule has 0 aliphatic carbocycles. The Morgan fingerprint density at radius 1 is 0.917 bits per heavy atom. The Labute approximate surface area is 217 Å². The minimum atomic E-state index is -0.0571. The number of nitriles is 1. The van der Waals surface area contributed by atoms with Gasteiger partial charge in [0, 0.05) is 41.9 Å². The number of carbonyl (C=O) groups excluding carboxylic acids is 1. The van der Waals surface area contributed by atoms with Crippen molar-refractivity contribution in [2.75, 3.05) is 0 Å². The Balaban J connectivity index is 1.66. The number of rotatable bonds is 5. The van der Waals surface area contributed by atoms with Crippen LogP contribution in [0.3, 0.4) is 0 Å². The van der Waals surface area contributed by atoms with Gasteiger partial charge in [0.25, 0.3) is 0 Å². The molecule has 2 aromatic heterocycles. The van der Waals surface area contributed by atoms with E-state index in [0.29, 0.717) is 22.4 Å². The molecule has 0 unspecified atom stereocenters. The molecule has 0 saturated heterocycles. The lowest BCUT2D eigenvalue weighted by atomic mass is 9.95. The Bertz CT molecular complexity index is 1800. The number of hydrogen-bond donors (Lipinski definition) is 0. The summed E-state index contributed by atoms with van der Waals surface area (Å²) in [7, 11) is 0. The van der Waals surface area contributed by atoms with Crippen LogP contribution in [0.4, 0.5) is 0 Å². The number of nitrogens with zero attached hydrogens (tertiary/aromatic N) is 2. The third-order valence-electron chi connectivity index (χ3n) is 6.26. The van der Waals surface area contributed by atoms with Crippen LogP contribution in [0, 0.1) is 31.8 Å². The molecule has 5 rings (SSSR count). The number of aryl methyl sites for hydroxylation is 2. The standard InChI is InChI=1S/C31H20N2OS2/c1-5-20-10-12-21(13-11-20)31(34)22-14-15-24-27(16-22)36-18(2)28(24)25(17-32)30(33-4)29-19(3)35-26-9-7-6-8-23(26)29/h5-16H,1H2,2-3H3/b30-25+. The van der Waals surface area contributed by atoms with Crippen molar-refractivity contribution in [3.63, 3.8) is 0 Å². The average molecular weight is 501 g/mol. The molecule has 0 bridgehead atoms. The van der Waals surface area contributed by atoms with Crippen molar-refractivity contribution < 1.29 is 4.79 Å². The number of hydrogen-bond acceptors (Lipinski definition) is 4. The molecule has 0 aliphatic heterocycles. The van der Waals surface area contributed by atoms with Crippen LogP contribution in [-0.2, 0) is 0 Å². The van der Waals surface area contributed by atoms with Crippen molar-refractivity contribution in [1.82, 2.24) is 0 Å². The van der Waals surface area contributed by atoms with Crippen LogP contribution in [0.1, 0.15) is 42.4 Å². The summed E-state index contributed by atoms with van der Waals surface area (Å²) in [5.41, 5.74) is 4.51. The summed E-state index contributed by atoms with van der Waals surface area (Å²) in [6.07, 6.45) is 1.74. The van der Waals surface area contributed by atoms with Gasteiger partial charge in [-0.3, -0.25) is 4.79 Å². The van der Waals surface area contributed by atoms with Gasteiger partial charge in [0.1, 0.15) is 0 Å². The van der Waals surface area contributed by atoms with Crippen molar-refractivity contribution in [2.45, 2.75) is 13.8 Å². The summed E-state index contributed by atoms with van der Waals surface area (Å²) in [6, 6.07) is 23.3. The smallest absolute Gasteiger partial charge is 0.214 e. The van der Waals surface area contributed by atoms with Crippen molar-refractivity contribution in [3.05, 3.63) is 122 Å². The first-order valence-corrected chi connectivity index (χ1v) is 12.9. The number of carbonyl (C=O) groups is 1. The van der Waals surface area contributed by atoms with Crippen molar-refractivity contribution >= 4 is 66.0 Å². The molecule has 0 fully saturated rings. The summed E-state index contributed by atoms with van der Waals surface area (Å²) in [6.45, 7) is 15.7. The maximum Gasteiger partial charge on any atom is 0.214 e. The van der Waals surface area contributed by atoms with E-state index in [-0.39, 0.29) is 5.78 Å². The molecule has 3 nitrogen and oxygen atoms in total. The Morgan fingerprint density at radius 3 is 2.25 bits per heavy atom. The highest BCUT2D eigenvalue weighted by Crippen LogP contribution is 2.43. The lowest BCUT2D eigenvalue weighted by molar-refractivity contribution is 0.103. The maximum absolute atomic E-state index is 13.1. The summed E-state index contributed by atoms with van der Waals surface area (Å²) >= 11 is 3.17. The fourth-order valence-corrected chi connectivity index (χ4v) is 6.71. The van der Waals surface area contributed by atoms with Crippen molar-refractivity contribution in [2.24, 2.45) is 0 Å². The molecule has 0 spiro atoms. The second-order valence-corrected chi connectivity index (χ2v) is 10.9. The molecule has 0 N–H and O–H groups in total. The fourth-order valence-electron chi connectivity index (χ4n) is 4.53. The van der Waals surface area contributed by atoms with E-state index < -0.39 is 0 Å². The molecule has 3 aromatic carbocycles. The minimum absolute atomic E-state index is 0.0571. The zero-order valence-corrected chi connectivity index (χ0v) is 21.4. The number of fused-ring (bicyclic) bond motifs is 2. The minimum Gasteiger partial charge on any atom is -0.289 e. The van der Waals surface area contributed by atoms with Gasteiger partial charge in [-0.05, 0) is 41.8 Å². The molecule has 2 heterocycles. The van der Waals surface area contributed by atoms with Gasteiger partial charge in [0.2, 0.25) is 5.70 Å². The topological polar surface area (TPSA) is 45.2 Å². The fraction of sp³-hybridized carbons (Fsp3) is 0.0645. The molecular formula is C31H20N2OS2. The third kappa shape index (κ3) is 3.85. The van der Waals surface area contributed by atoms with E-state index in [2.05, 4.69) is 17.5 Å². The van der Waals surface area contributed by atoms with E-state index in [1.165, 1.54) is 11.3 Å². The normalized spacial score (nSPS) is 11.7. The first-order chi connectivity index (χ1) is 17.5. The molecule has 0 atom stereocenters. The zero-order chi connectivity index (χ0) is 25.4. The van der Waals surface area contributed by atoms with Crippen LogP contribution < -0.4 is 0 Å². The van der Waals surface area contributed by atoms with Gasteiger partial charge in [-0.2, -0.15) is 5.26 Å². The van der Waals surface area contributed by atoms with Crippen LogP contribution >= 0.6 is 22.7 Å². The van der Waals surface area contributed by atoms with E-state index in [1.54, 1.807) is 35.6 Å². The van der Waals surface area contributed by atoms with Crippen LogP contribution in [0.5, 0.6) is 0 Å². The largest absolute Gasteiger partial charge is 0.289 e. The molecule has 5 heteroatoms. The average Bonchev–Trinajstić information content (AvgIpc) is 3.41. The predicted molar refractivity (Wildman–Crippen MR) is 152 cm³/mol. The highest BCUT2D eigenvalue weighted by Gasteiger charge is 2.23. The first kappa shape index (κ1) is 23.5. The van der Waals surface area contributed by atoms with Gasteiger partial charge in [0.05, 0.1) is 18.2 Å².